The summed E-state index contributed by atoms with van der Waals surface area (Å²) in [6, 6.07) is 8.30. The number of benzene rings is 1. The van der Waals surface area contributed by atoms with E-state index in [1.54, 1.807) is 0 Å². The number of oxazole rings is 1. The van der Waals surface area contributed by atoms with Gasteiger partial charge in [0.25, 0.3) is 0 Å². The minimum atomic E-state index is 0.670. The maximum Gasteiger partial charge on any atom is 0.181 e. The van der Waals surface area contributed by atoms with Gasteiger partial charge in [-0.2, -0.15) is 0 Å². The average molecular weight is 216 g/mol. The Balaban J connectivity index is 2.36. The molecule has 1 heterocycles. The molecule has 0 aliphatic rings. The van der Waals surface area contributed by atoms with Crippen molar-refractivity contribution in [3.05, 3.63) is 42.0 Å². The Morgan fingerprint density at radius 1 is 1.38 bits per heavy atom. The second-order valence-electron chi connectivity index (χ2n) is 3.72. The molecule has 0 atom stereocenters. The normalized spacial score (nSPS) is 10.6. The van der Waals surface area contributed by atoms with Crippen molar-refractivity contribution >= 4 is 0 Å². The summed E-state index contributed by atoms with van der Waals surface area (Å²) in [4.78, 5) is 4.26. The molecule has 0 aliphatic heterocycles. The SMILES string of the molecule is CCc1ocnc1-c1cccc(CCN)c1. The van der Waals surface area contributed by atoms with Gasteiger partial charge in [-0.05, 0) is 24.6 Å². The van der Waals surface area contributed by atoms with E-state index in [0.29, 0.717) is 6.54 Å². The summed E-state index contributed by atoms with van der Waals surface area (Å²) >= 11 is 0. The van der Waals surface area contributed by atoms with Crippen molar-refractivity contribution in [3.63, 3.8) is 0 Å². The summed E-state index contributed by atoms with van der Waals surface area (Å²) in [5.74, 6) is 0.935. The minimum absolute atomic E-state index is 0.670. The largest absolute Gasteiger partial charge is 0.448 e. The van der Waals surface area contributed by atoms with Crippen LogP contribution in [-0.4, -0.2) is 11.5 Å². The lowest BCUT2D eigenvalue weighted by Crippen LogP contribution is -2.02. The van der Waals surface area contributed by atoms with Gasteiger partial charge in [-0.3, -0.25) is 0 Å². The summed E-state index contributed by atoms with van der Waals surface area (Å²) in [7, 11) is 0. The molecule has 2 rings (SSSR count). The standard InChI is InChI=1S/C13H16N2O/c1-2-12-13(15-9-16-12)11-5-3-4-10(8-11)6-7-14/h3-5,8-9H,2,6-7,14H2,1H3. The van der Waals surface area contributed by atoms with Gasteiger partial charge in [0.05, 0.1) is 0 Å². The summed E-state index contributed by atoms with van der Waals surface area (Å²) in [5, 5.41) is 0. The summed E-state index contributed by atoms with van der Waals surface area (Å²) in [6.07, 6.45) is 3.26. The molecule has 0 unspecified atom stereocenters. The molecule has 0 saturated heterocycles. The first-order valence-corrected chi connectivity index (χ1v) is 5.57. The van der Waals surface area contributed by atoms with Crippen LogP contribution in [0.1, 0.15) is 18.2 Å². The van der Waals surface area contributed by atoms with E-state index < -0.39 is 0 Å². The van der Waals surface area contributed by atoms with Crippen LogP contribution in [0.5, 0.6) is 0 Å². The quantitative estimate of drug-likeness (QED) is 0.853. The Kier molecular flexibility index (Phi) is 3.37. The lowest BCUT2D eigenvalue weighted by Gasteiger charge is -2.03. The maximum atomic E-state index is 5.55. The summed E-state index contributed by atoms with van der Waals surface area (Å²) in [5.41, 5.74) is 8.85. The zero-order valence-electron chi connectivity index (χ0n) is 9.44. The number of aromatic nitrogens is 1. The van der Waals surface area contributed by atoms with Crippen molar-refractivity contribution < 1.29 is 4.42 Å². The predicted molar refractivity (Wildman–Crippen MR) is 64.1 cm³/mol. The van der Waals surface area contributed by atoms with Crippen LogP contribution in [0.2, 0.25) is 0 Å². The number of nitrogens with two attached hydrogens (primary N) is 1. The van der Waals surface area contributed by atoms with E-state index in [4.69, 9.17) is 10.2 Å². The molecule has 2 N–H and O–H groups in total. The molecule has 3 nitrogen and oxygen atoms in total. The monoisotopic (exact) mass is 216 g/mol. The molecule has 16 heavy (non-hydrogen) atoms. The maximum absolute atomic E-state index is 5.55. The van der Waals surface area contributed by atoms with E-state index in [-0.39, 0.29) is 0 Å². The summed E-state index contributed by atoms with van der Waals surface area (Å²) < 4.78 is 5.33. The third kappa shape index (κ3) is 2.14. The molecule has 0 spiro atoms. The van der Waals surface area contributed by atoms with Crippen LogP contribution >= 0.6 is 0 Å². The summed E-state index contributed by atoms with van der Waals surface area (Å²) in [6.45, 7) is 2.73. The highest BCUT2D eigenvalue weighted by atomic mass is 16.3. The first-order valence-electron chi connectivity index (χ1n) is 5.57. The van der Waals surface area contributed by atoms with E-state index in [9.17, 15) is 0 Å². The van der Waals surface area contributed by atoms with Gasteiger partial charge in [-0.1, -0.05) is 25.1 Å². The Bertz CT molecular complexity index is 462. The van der Waals surface area contributed by atoms with E-state index in [1.165, 1.54) is 12.0 Å². The highest BCUT2D eigenvalue weighted by molar-refractivity contribution is 5.61. The Hall–Kier alpha value is -1.61. The second kappa shape index (κ2) is 4.94. The van der Waals surface area contributed by atoms with E-state index in [2.05, 4.69) is 30.1 Å². The molecule has 0 aliphatic carbocycles. The predicted octanol–water partition coefficient (Wildman–Crippen LogP) is 2.41. The molecule has 0 fully saturated rings. The molecule has 0 amide bonds. The van der Waals surface area contributed by atoms with Crippen LogP contribution in [0.15, 0.2) is 35.1 Å². The van der Waals surface area contributed by atoms with Crippen molar-refractivity contribution in [1.29, 1.82) is 0 Å². The topological polar surface area (TPSA) is 52.0 Å². The Labute approximate surface area is 95.3 Å². The highest BCUT2D eigenvalue weighted by Gasteiger charge is 2.08. The first kappa shape index (κ1) is 10.9. The molecular formula is C13H16N2O. The van der Waals surface area contributed by atoms with Crippen molar-refractivity contribution in [3.8, 4) is 11.3 Å². The van der Waals surface area contributed by atoms with Gasteiger partial charge in [-0.15, -0.1) is 0 Å². The molecule has 2 aromatic rings. The molecule has 84 valence electrons. The van der Waals surface area contributed by atoms with Gasteiger partial charge in [-0.25, -0.2) is 4.98 Å². The fourth-order valence-corrected chi connectivity index (χ4v) is 1.80. The zero-order chi connectivity index (χ0) is 11.4. The van der Waals surface area contributed by atoms with Crippen LogP contribution in [0.25, 0.3) is 11.3 Å². The molecule has 1 aromatic carbocycles. The lowest BCUT2D eigenvalue weighted by atomic mass is 10.0. The smallest absolute Gasteiger partial charge is 0.181 e. The van der Waals surface area contributed by atoms with Crippen LogP contribution in [0.3, 0.4) is 0 Å². The third-order valence-electron chi connectivity index (χ3n) is 2.60. The number of aryl methyl sites for hydroxylation is 1. The third-order valence-corrected chi connectivity index (χ3v) is 2.60. The van der Waals surface area contributed by atoms with Gasteiger partial charge in [0, 0.05) is 12.0 Å². The van der Waals surface area contributed by atoms with E-state index in [0.717, 1.165) is 29.9 Å². The van der Waals surface area contributed by atoms with E-state index >= 15 is 0 Å². The van der Waals surface area contributed by atoms with Crippen LogP contribution in [0.4, 0.5) is 0 Å². The lowest BCUT2D eigenvalue weighted by molar-refractivity contribution is 0.510. The molecule has 0 bridgehead atoms. The fraction of sp³-hybridized carbons (Fsp3) is 0.308. The van der Waals surface area contributed by atoms with Gasteiger partial charge >= 0.3 is 0 Å². The minimum Gasteiger partial charge on any atom is -0.448 e. The number of rotatable bonds is 4. The van der Waals surface area contributed by atoms with Gasteiger partial charge in [0.15, 0.2) is 6.39 Å². The van der Waals surface area contributed by atoms with Gasteiger partial charge in [0.1, 0.15) is 11.5 Å². The average Bonchev–Trinajstić information content (AvgIpc) is 2.78. The van der Waals surface area contributed by atoms with Gasteiger partial charge in [0.2, 0.25) is 0 Å². The van der Waals surface area contributed by atoms with E-state index in [1.807, 2.05) is 6.07 Å². The molecule has 3 heteroatoms. The highest BCUT2D eigenvalue weighted by Crippen LogP contribution is 2.23. The first-order chi connectivity index (χ1) is 7.85. The van der Waals surface area contributed by atoms with Crippen LogP contribution < -0.4 is 5.73 Å². The van der Waals surface area contributed by atoms with Crippen molar-refractivity contribution in [1.82, 2.24) is 4.98 Å². The Morgan fingerprint density at radius 3 is 3.00 bits per heavy atom. The van der Waals surface area contributed by atoms with Gasteiger partial charge < -0.3 is 10.2 Å². The molecule has 0 radical (unpaired) electrons. The molecule has 0 saturated carbocycles. The van der Waals surface area contributed by atoms with Crippen molar-refractivity contribution in [2.45, 2.75) is 19.8 Å². The van der Waals surface area contributed by atoms with Crippen molar-refractivity contribution in [2.24, 2.45) is 5.73 Å². The molecular weight excluding hydrogens is 200 g/mol. The van der Waals surface area contributed by atoms with Crippen molar-refractivity contribution in [2.75, 3.05) is 6.54 Å². The fourth-order valence-electron chi connectivity index (χ4n) is 1.80. The second-order valence-corrected chi connectivity index (χ2v) is 3.72. The van der Waals surface area contributed by atoms with Crippen LogP contribution in [-0.2, 0) is 12.8 Å². The zero-order valence-corrected chi connectivity index (χ0v) is 9.44. The van der Waals surface area contributed by atoms with Crippen LogP contribution in [0, 0.1) is 0 Å². The number of nitrogens with zero attached hydrogens (tertiary/aromatic N) is 1. The number of hydrogen-bond donors (Lipinski definition) is 1. The molecule has 1 aromatic heterocycles. The Morgan fingerprint density at radius 2 is 2.25 bits per heavy atom. The number of hydrogen-bond acceptors (Lipinski definition) is 3.